The summed E-state index contributed by atoms with van der Waals surface area (Å²) in [6.07, 6.45) is 5.49. The predicted molar refractivity (Wildman–Crippen MR) is 124 cm³/mol. The van der Waals surface area contributed by atoms with E-state index in [0.717, 1.165) is 6.20 Å². The van der Waals surface area contributed by atoms with E-state index in [-0.39, 0.29) is 28.5 Å². The lowest BCUT2D eigenvalue weighted by atomic mass is 9.96. The number of ether oxygens (including phenoxy) is 1. The lowest BCUT2D eigenvalue weighted by Gasteiger charge is -2.20. The molecule has 4 aromatic rings. The van der Waals surface area contributed by atoms with Crippen LogP contribution >= 0.6 is 0 Å². The highest BCUT2D eigenvalue weighted by molar-refractivity contribution is 6.04. The SMILES string of the molecule is CCNC1=Nc2cncc(F)c2Oc2ncc(C(C)(C)O)cc2-c2cn(C)c(=O)c3oc1cc23. The van der Waals surface area contributed by atoms with Gasteiger partial charge in [-0.25, -0.2) is 14.4 Å². The summed E-state index contributed by atoms with van der Waals surface area (Å²) >= 11 is 0. The van der Waals surface area contributed by atoms with Gasteiger partial charge in [-0.1, -0.05) is 0 Å². The predicted octanol–water partition coefficient (Wildman–Crippen LogP) is 3.75. The topological polar surface area (TPSA) is 115 Å². The molecule has 5 rings (SSSR count). The fraction of sp³-hybridized carbons (Fsp3) is 0.250. The summed E-state index contributed by atoms with van der Waals surface area (Å²) in [5, 5.41) is 14.2. The van der Waals surface area contributed by atoms with Crippen LogP contribution in [0, 0.1) is 5.82 Å². The molecule has 0 amide bonds. The number of aliphatic hydroxyl groups is 1. The second kappa shape index (κ2) is 7.77. The summed E-state index contributed by atoms with van der Waals surface area (Å²) < 4.78 is 28.2. The van der Waals surface area contributed by atoms with E-state index in [0.29, 0.717) is 40.2 Å². The van der Waals surface area contributed by atoms with Crippen LogP contribution in [0.1, 0.15) is 32.1 Å². The molecule has 2 N–H and O–H groups in total. The quantitative estimate of drug-likeness (QED) is 0.465. The lowest BCUT2D eigenvalue weighted by Crippen LogP contribution is -2.23. The Labute approximate surface area is 193 Å². The molecule has 1 aliphatic rings. The fourth-order valence-corrected chi connectivity index (χ4v) is 3.78. The first-order valence-electron chi connectivity index (χ1n) is 10.7. The number of aromatic nitrogens is 3. The van der Waals surface area contributed by atoms with Gasteiger partial charge in [0.05, 0.1) is 18.0 Å². The number of rotatable bonds is 2. The molecular formula is C24H22FN5O4. The Balaban J connectivity index is 1.93. The van der Waals surface area contributed by atoms with Crippen LogP contribution < -0.4 is 15.6 Å². The molecule has 0 saturated heterocycles. The van der Waals surface area contributed by atoms with Gasteiger partial charge in [-0.2, -0.15) is 0 Å². The van der Waals surface area contributed by atoms with Crippen LogP contribution in [0.3, 0.4) is 0 Å². The van der Waals surface area contributed by atoms with Crippen molar-refractivity contribution in [1.82, 2.24) is 19.9 Å². The highest BCUT2D eigenvalue weighted by atomic mass is 19.1. The normalized spacial score (nSPS) is 13.1. The van der Waals surface area contributed by atoms with Gasteiger partial charge in [0.2, 0.25) is 11.5 Å². The van der Waals surface area contributed by atoms with Gasteiger partial charge in [-0.15, -0.1) is 0 Å². The maximum absolute atomic E-state index is 14.9. The zero-order valence-corrected chi connectivity index (χ0v) is 19.0. The van der Waals surface area contributed by atoms with Crippen molar-refractivity contribution in [3.63, 3.8) is 0 Å². The van der Waals surface area contributed by atoms with E-state index in [1.165, 1.54) is 17.0 Å². The van der Waals surface area contributed by atoms with Crippen LogP contribution in [0.25, 0.3) is 22.1 Å². The van der Waals surface area contributed by atoms with Gasteiger partial charge in [-0.05, 0) is 32.9 Å². The van der Waals surface area contributed by atoms with Crippen LogP contribution in [-0.2, 0) is 12.6 Å². The lowest BCUT2D eigenvalue weighted by molar-refractivity contribution is 0.0782. The minimum atomic E-state index is -1.20. The van der Waals surface area contributed by atoms with Crippen LogP contribution in [0.2, 0.25) is 0 Å². The van der Waals surface area contributed by atoms with Crippen molar-refractivity contribution in [2.45, 2.75) is 26.4 Å². The number of halogens is 1. The molecule has 0 aromatic carbocycles. The van der Waals surface area contributed by atoms with E-state index < -0.39 is 11.4 Å². The van der Waals surface area contributed by atoms with E-state index in [9.17, 15) is 14.3 Å². The molecule has 0 spiro atoms. The molecule has 5 heterocycles. The number of amidine groups is 1. The number of aliphatic imine (C=N–C) groups is 1. The van der Waals surface area contributed by atoms with Crippen molar-refractivity contribution in [2.24, 2.45) is 12.0 Å². The van der Waals surface area contributed by atoms with Crippen LogP contribution in [0.5, 0.6) is 11.6 Å². The molecule has 34 heavy (non-hydrogen) atoms. The molecule has 4 aromatic heterocycles. The zero-order valence-electron chi connectivity index (χ0n) is 19.0. The number of furan rings is 1. The Morgan fingerprint density at radius 2 is 2.00 bits per heavy atom. The number of aryl methyl sites for hydroxylation is 1. The second-order valence-electron chi connectivity index (χ2n) is 8.51. The third kappa shape index (κ3) is 3.52. The fourth-order valence-electron chi connectivity index (χ4n) is 3.78. The van der Waals surface area contributed by atoms with Crippen LogP contribution in [0.4, 0.5) is 10.1 Å². The van der Waals surface area contributed by atoms with Gasteiger partial charge in [0.1, 0.15) is 5.69 Å². The summed E-state index contributed by atoms with van der Waals surface area (Å²) in [5.41, 5.74) is 0.219. The molecule has 9 nitrogen and oxygen atoms in total. The van der Waals surface area contributed by atoms with Crippen LogP contribution in [-0.4, -0.2) is 32.0 Å². The number of fused-ring (bicyclic) bond motifs is 4. The van der Waals surface area contributed by atoms with E-state index >= 15 is 0 Å². The molecule has 174 valence electrons. The first-order valence-corrected chi connectivity index (χ1v) is 10.7. The number of pyridine rings is 3. The Morgan fingerprint density at radius 1 is 1.21 bits per heavy atom. The van der Waals surface area contributed by atoms with Crippen LogP contribution in [0.15, 0.2) is 51.1 Å². The molecule has 0 unspecified atom stereocenters. The third-order valence-electron chi connectivity index (χ3n) is 5.55. The summed E-state index contributed by atoms with van der Waals surface area (Å²) in [6.45, 7) is 5.63. The van der Waals surface area contributed by atoms with Gasteiger partial charge >= 0.3 is 0 Å². The number of nitrogens with one attached hydrogen (secondary N) is 1. The molecule has 0 atom stereocenters. The molecule has 0 aliphatic carbocycles. The van der Waals surface area contributed by atoms with Gasteiger partial charge in [0, 0.05) is 48.1 Å². The Morgan fingerprint density at radius 3 is 2.74 bits per heavy atom. The standard InChI is InChI=1S/C24H22FN5O4/c1-5-27-21-18-7-13-15(11-30(4)23(31)19(13)33-18)14-6-12(24(2,3)32)8-28-22(14)34-20-16(25)9-26-10-17(20)29-21/h6-11,32H,5H2,1-4H3,(H,27,29). The second-order valence-corrected chi connectivity index (χ2v) is 8.51. The van der Waals surface area contributed by atoms with Gasteiger partial charge in [0.25, 0.3) is 5.56 Å². The highest BCUT2D eigenvalue weighted by Gasteiger charge is 2.26. The third-order valence-corrected chi connectivity index (χ3v) is 5.55. The first kappa shape index (κ1) is 21.8. The van der Waals surface area contributed by atoms with E-state index in [2.05, 4.69) is 20.3 Å². The molecule has 0 radical (unpaired) electrons. The molecular weight excluding hydrogens is 441 g/mol. The van der Waals surface area contributed by atoms with Gasteiger partial charge in [-0.3, -0.25) is 9.78 Å². The Kier molecular flexibility index (Phi) is 4.98. The first-order chi connectivity index (χ1) is 16.2. The van der Waals surface area contributed by atoms with E-state index in [1.54, 1.807) is 39.2 Å². The number of hydrogen-bond acceptors (Lipinski definition) is 8. The van der Waals surface area contributed by atoms with Crippen molar-refractivity contribution in [2.75, 3.05) is 6.54 Å². The van der Waals surface area contributed by atoms with Gasteiger partial charge in [0.15, 0.2) is 23.2 Å². The zero-order chi connectivity index (χ0) is 24.2. The molecule has 0 saturated carbocycles. The average molecular weight is 463 g/mol. The Hall–Kier alpha value is -4.05. The molecule has 1 aliphatic heterocycles. The molecule has 2 bridgehead atoms. The number of hydrogen-bond donors (Lipinski definition) is 2. The monoisotopic (exact) mass is 463 g/mol. The minimum absolute atomic E-state index is 0.0733. The summed E-state index contributed by atoms with van der Waals surface area (Å²) in [6, 6.07) is 3.41. The highest BCUT2D eigenvalue weighted by Crippen LogP contribution is 2.41. The van der Waals surface area contributed by atoms with E-state index in [1.807, 2.05) is 6.92 Å². The van der Waals surface area contributed by atoms with Gasteiger partial charge < -0.3 is 24.1 Å². The Bertz CT molecular complexity index is 1530. The minimum Gasteiger partial charge on any atom is -0.447 e. The van der Waals surface area contributed by atoms with Crippen molar-refractivity contribution in [1.29, 1.82) is 0 Å². The maximum atomic E-state index is 14.9. The maximum Gasteiger partial charge on any atom is 0.293 e. The van der Waals surface area contributed by atoms with Crippen molar-refractivity contribution >= 4 is 22.5 Å². The smallest absolute Gasteiger partial charge is 0.293 e. The molecule has 10 heteroatoms. The van der Waals surface area contributed by atoms with Crippen molar-refractivity contribution < 1.29 is 18.7 Å². The number of nitrogens with zero attached hydrogens (tertiary/aromatic N) is 4. The largest absolute Gasteiger partial charge is 0.447 e. The summed E-state index contributed by atoms with van der Waals surface area (Å²) in [5.74, 6) is -0.222. The molecule has 0 fully saturated rings. The van der Waals surface area contributed by atoms with Crippen molar-refractivity contribution in [3.8, 4) is 22.8 Å². The summed E-state index contributed by atoms with van der Waals surface area (Å²) in [4.78, 5) is 25.7. The average Bonchev–Trinajstić information content (AvgIpc) is 3.22. The summed E-state index contributed by atoms with van der Waals surface area (Å²) in [7, 11) is 1.60. The van der Waals surface area contributed by atoms with E-state index in [4.69, 9.17) is 9.15 Å². The van der Waals surface area contributed by atoms with Crippen molar-refractivity contribution in [3.05, 3.63) is 64.4 Å².